The Hall–Kier alpha value is -4.21. The molecule has 0 saturated heterocycles. The Morgan fingerprint density at radius 2 is 0.838 bits per heavy atom. The molecule has 0 aliphatic carbocycles. The van der Waals surface area contributed by atoms with E-state index in [2.05, 4.69) is 0 Å². The van der Waals surface area contributed by atoms with Crippen LogP contribution in [0.3, 0.4) is 0 Å². The van der Waals surface area contributed by atoms with Gasteiger partial charge in [-0.3, -0.25) is 0 Å². The molecule has 0 amide bonds. The summed E-state index contributed by atoms with van der Waals surface area (Å²) in [5, 5.41) is -1.37. The van der Waals surface area contributed by atoms with Crippen molar-refractivity contribution >= 4 is 21.5 Å². The minimum Gasteiger partial charge on any atom is -0.497 e. The van der Waals surface area contributed by atoms with Crippen molar-refractivity contribution in [1.29, 1.82) is 0 Å². The third kappa shape index (κ3) is 3.58. The second-order valence-electron chi connectivity index (χ2n) is 8.02. The molecule has 0 spiro atoms. The number of benzene rings is 5. The highest BCUT2D eigenvalue weighted by Crippen LogP contribution is 2.47. The van der Waals surface area contributed by atoms with Gasteiger partial charge in [0.1, 0.15) is 17.4 Å². The highest BCUT2D eigenvalue weighted by Gasteiger charge is 2.31. The third-order valence-electron chi connectivity index (χ3n) is 6.03. The minimum atomic E-state index is -2.41. The van der Waals surface area contributed by atoms with Gasteiger partial charge in [0, 0.05) is 23.3 Å². The van der Waals surface area contributed by atoms with E-state index in [1.165, 1.54) is 24.3 Å². The van der Waals surface area contributed by atoms with Crippen molar-refractivity contribution in [2.24, 2.45) is 0 Å². The van der Waals surface area contributed by atoms with Crippen LogP contribution >= 0.6 is 0 Å². The molecule has 0 aromatic heterocycles. The number of fused-ring (bicyclic) bond motifs is 2. The average Bonchev–Trinajstić information content (AvgIpc) is 2.87. The van der Waals surface area contributed by atoms with Gasteiger partial charge in [-0.05, 0) is 33.7 Å². The number of methoxy groups -OCH3 is 1. The van der Waals surface area contributed by atoms with Crippen LogP contribution in [-0.4, -0.2) is 7.11 Å². The van der Waals surface area contributed by atoms with E-state index in [4.69, 9.17) is 4.74 Å². The van der Waals surface area contributed by atoms with Gasteiger partial charge in [-0.15, -0.1) is 0 Å². The maximum Gasteiger partial charge on any atom is 0.200 e. The molecule has 10 heteroatoms. The summed E-state index contributed by atoms with van der Waals surface area (Å²) in [7, 11) is 1.16. The van der Waals surface area contributed by atoms with Gasteiger partial charge in [-0.1, -0.05) is 24.3 Å². The molecule has 0 unspecified atom stereocenters. The molecule has 5 aromatic carbocycles. The molecular weight excluding hydrogens is 511 g/mol. The Bertz CT molecular complexity index is 1710. The lowest BCUT2D eigenvalue weighted by molar-refractivity contribution is 0.381. The fraction of sp³-hybridized carbons (Fsp3) is 0.0370. The normalized spacial score (nSPS) is 11.5. The zero-order valence-corrected chi connectivity index (χ0v) is 18.4. The Kier molecular flexibility index (Phi) is 5.77. The lowest BCUT2D eigenvalue weighted by Gasteiger charge is -2.20. The fourth-order valence-electron chi connectivity index (χ4n) is 4.44. The molecule has 0 saturated carbocycles. The van der Waals surface area contributed by atoms with E-state index >= 15 is 8.78 Å². The van der Waals surface area contributed by atoms with Gasteiger partial charge in [-0.25, -0.2) is 39.5 Å². The lowest BCUT2D eigenvalue weighted by Crippen LogP contribution is -2.05. The highest BCUT2D eigenvalue weighted by atomic mass is 19.2. The molecule has 0 aliphatic heterocycles. The van der Waals surface area contributed by atoms with Gasteiger partial charge in [0.05, 0.1) is 18.2 Å². The number of rotatable bonds is 3. The summed E-state index contributed by atoms with van der Waals surface area (Å²) < 4.78 is 136. The molecule has 0 heterocycles. The molecule has 0 fully saturated rings. The predicted molar refractivity (Wildman–Crippen MR) is 119 cm³/mol. The third-order valence-corrected chi connectivity index (χ3v) is 6.03. The van der Waals surface area contributed by atoms with Gasteiger partial charge >= 0.3 is 0 Å². The Balaban J connectivity index is 2.08. The molecule has 0 N–H and O–H groups in total. The van der Waals surface area contributed by atoms with E-state index < -0.39 is 79.8 Å². The molecule has 0 bridgehead atoms. The first-order chi connectivity index (χ1) is 17.6. The van der Waals surface area contributed by atoms with Crippen LogP contribution in [0.5, 0.6) is 5.75 Å². The average molecular weight is 522 g/mol. The Morgan fingerprint density at radius 1 is 0.432 bits per heavy atom. The van der Waals surface area contributed by atoms with Gasteiger partial charge in [0.15, 0.2) is 34.9 Å². The summed E-state index contributed by atoms with van der Waals surface area (Å²) in [6, 6.07) is 7.80. The summed E-state index contributed by atoms with van der Waals surface area (Å²) in [6.45, 7) is 0. The van der Waals surface area contributed by atoms with Crippen LogP contribution in [0.15, 0.2) is 48.5 Å². The van der Waals surface area contributed by atoms with Crippen molar-refractivity contribution in [1.82, 2.24) is 0 Å². The molecule has 37 heavy (non-hydrogen) atoms. The van der Waals surface area contributed by atoms with Crippen LogP contribution in [0.25, 0.3) is 43.8 Å². The largest absolute Gasteiger partial charge is 0.497 e. The van der Waals surface area contributed by atoms with E-state index in [0.29, 0.717) is 12.1 Å². The van der Waals surface area contributed by atoms with Crippen LogP contribution in [0.2, 0.25) is 0 Å². The molecular formula is C27H11F9O. The first-order valence-corrected chi connectivity index (χ1v) is 10.4. The molecule has 5 aromatic rings. The highest BCUT2D eigenvalue weighted by molar-refractivity contribution is 6.21. The van der Waals surface area contributed by atoms with E-state index in [9.17, 15) is 30.7 Å². The first kappa shape index (κ1) is 24.5. The summed E-state index contributed by atoms with van der Waals surface area (Å²) in [4.78, 5) is 0. The zero-order chi connectivity index (χ0) is 26.8. The van der Waals surface area contributed by atoms with Crippen LogP contribution < -0.4 is 4.74 Å². The van der Waals surface area contributed by atoms with Crippen molar-refractivity contribution in [3.63, 3.8) is 0 Å². The Morgan fingerprint density at radius 3 is 1.27 bits per heavy atom. The molecule has 188 valence electrons. The quantitative estimate of drug-likeness (QED) is 0.0998. The van der Waals surface area contributed by atoms with Gasteiger partial charge in [0.25, 0.3) is 0 Å². The summed E-state index contributed by atoms with van der Waals surface area (Å²) in [5.74, 6) is -16.9. The van der Waals surface area contributed by atoms with Crippen molar-refractivity contribution in [3.8, 4) is 28.0 Å². The molecule has 1 nitrogen and oxygen atoms in total. The number of hydrogen-bond donors (Lipinski definition) is 0. The second kappa shape index (κ2) is 8.72. The Labute approximate surface area is 202 Å². The predicted octanol–water partition coefficient (Wildman–Crippen LogP) is 8.59. The van der Waals surface area contributed by atoms with Crippen molar-refractivity contribution < 1.29 is 44.3 Å². The van der Waals surface area contributed by atoms with Crippen LogP contribution in [-0.2, 0) is 0 Å². The van der Waals surface area contributed by atoms with Crippen LogP contribution in [0.1, 0.15) is 0 Å². The second-order valence-corrected chi connectivity index (χ2v) is 8.02. The monoisotopic (exact) mass is 522 g/mol. The van der Waals surface area contributed by atoms with Crippen LogP contribution in [0, 0.1) is 52.4 Å². The van der Waals surface area contributed by atoms with Gasteiger partial charge in [-0.2, -0.15) is 0 Å². The lowest BCUT2D eigenvalue weighted by atomic mass is 9.85. The smallest absolute Gasteiger partial charge is 0.200 e. The van der Waals surface area contributed by atoms with Gasteiger partial charge in [0.2, 0.25) is 5.82 Å². The number of hydrogen-bond acceptors (Lipinski definition) is 1. The summed E-state index contributed by atoms with van der Waals surface area (Å²) in [5.41, 5.74) is -3.15. The molecule has 0 radical (unpaired) electrons. The maximum atomic E-state index is 15.2. The maximum absolute atomic E-state index is 15.2. The SMILES string of the molecule is COc1cc(F)c(-c2c3ccccc3c(-c3c(F)c(F)c(F)c(F)c3F)c3cc(F)c(F)cc23)c(F)c1. The molecule has 0 aliphatic rings. The fourth-order valence-corrected chi connectivity index (χ4v) is 4.44. The standard InChI is InChI=1S/C27H11F9O/c1-37-10-6-17(30)21(18(31)7-10)19-11-4-2-3-5-12(11)20(14-9-16(29)15(28)8-13(14)19)22-23(32)25(34)27(36)26(35)24(22)33/h2-9H,1H3. The van der Waals surface area contributed by atoms with E-state index in [-0.39, 0.29) is 22.1 Å². The van der Waals surface area contributed by atoms with Crippen molar-refractivity contribution in [2.45, 2.75) is 0 Å². The van der Waals surface area contributed by atoms with E-state index in [0.717, 1.165) is 19.2 Å². The summed E-state index contributed by atoms with van der Waals surface area (Å²) in [6.07, 6.45) is 0. The van der Waals surface area contributed by atoms with Gasteiger partial charge < -0.3 is 4.74 Å². The molecule has 0 atom stereocenters. The van der Waals surface area contributed by atoms with E-state index in [1.807, 2.05) is 0 Å². The molecule has 5 rings (SSSR count). The topological polar surface area (TPSA) is 9.23 Å². The first-order valence-electron chi connectivity index (χ1n) is 10.4. The summed E-state index contributed by atoms with van der Waals surface area (Å²) >= 11 is 0. The van der Waals surface area contributed by atoms with Crippen LogP contribution in [0.4, 0.5) is 39.5 Å². The number of ether oxygens (including phenoxy) is 1. The zero-order valence-electron chi connectivity index (χ0n) is 18.4. The van der Waals surface area contributed by atoms with Crippen molar-refractivity contribution in [3.05, 3.63) is 101 Å². The van der Waals surface area contributed by atoms with E-state index in [1.54, 1.807) is 0 Å². The minimum absolute atomic E-state index is 0.136. The van der Waals surface area contributed by atoms with Crippen molar-refractivity contribution in [2.75, 3.05) is 7.11 Å². The number of halogens is 9.